The summed E-state index contributed by atoms with van der Waals surface area (Å²) < 4.78 is 2.31. The Balaban J connectivity index is 2.18. The minimum atomic E-state index is 0.491. The molecule has 3 rings (SSSR count). The lowest BCUT2D eigenvalue weighted by atomic mass is 10.1. The molecule has 1 aliphatic carbocycles. The fraction of sp³-hybridized carbons (Fsp3) is 0.385. The van der Waals surface area contributed by atoms with E-state index < -0.39 is 0 Å². The van der Waals surface area contributed by atoms with E-state index in [1.807, 2.05) is 12.1 Å². The van der Waals surface area contributed by atoms with Crippen LogP contribution in [0.1, 0.15) is 30.3 Å². The average molecular weight is 214 g/mol. The second-order valence-corrected chi connectivity index (χ2v) is 4.45. The Bertz CT molecular complexity index is 552. The number of hydrogen-bond donors (Lipinski definition) is 0. The second-order valence-electron chi connectivity index (χ2n) is 4.45. The Morgan fingerprint density at radius 3 is 3.00 bits per heavy atom. The van der Waals surface area contributed by atoms with Gasteiger partial charge in [0.2, 0.25) is 0 Å². The summed E-state index contributed by atoms with van der Waals surface area (Å²) in [4.78, 5) is 15.1. The molecule has 82 valence electrons. The summed E-state index contributed by atoms with van der Waals surface area (Å²) in [6.45, 7) is 2.05. The van der Waals surface area contributed by atoms with Crippen LogP contribution >= 0.6 is 0 Å². The molecule has 0 atom stereocenters. The Hall–Kier alpha value is -1.64. The van der Waals surface area contributed by atoms with Gasteiger partial charge in [0.1, 0.15) is 12.1 Å². The molecular weight excluding hydrogens is 200 g/mol. The Labute approximate surface area is 94.1 Å². The molecule has 0 aliphatic heterocycles. The molecule has 16 heavy (non-hydrogen) atoms. The highest BCUT2D eigenvalue weighted by atomic mass is 16.1. The molecule has 3 heteroatoms. The highest BCUT2D eigenvalue weighted by molar-refractivity contribution is 5.78. The lowest BCUT2D eigenvalue weighted by Gasteiger charge is -2.04. The summed E-state index contributed by atoms with van der Waals surface area (Å²) in [6.07, 6.45) is 3.95. The van der Waals surface area contributed by atoms with Crippen LogP contribution in [0.2, 0.25) is 0 Å². The first kappa shape index (κ1) is 9.58. The number of hydrogen-bond acceptors (Lipinski definition) is 2. The summed E-state index contributed by atoms with van der Waals surface area (Å²) >= 11 is 0. The molecule has 1 saturated carbocycles. The summed E-state index contributed by atoms with van der Waals surface area (Å²) in [5, 5.41) is 0. The van der Waals surface area contributed by atoms with Crippen molar-refractivity contribution in [2.75, 3.05) is 0 Å². The molecule has 1 fully saturated rings. The first-order valence-corrected chi connectivity index (χ1v) is 5.70. The van der Waals surface area contributed by atoms with E-state index in [4.69, 9.17) is 0 Å². The van der Waals surface area contributed by atoms with Crippen LogP contribution in [0.4, 0.5) is 0 Å². The Morgan fingerprint density at radius 1 is 1.50 bits per heavy atom. The van der Waals surface area contributed by atoms with Crippen molar-refractivity contribution in [3.63, 3.8) is 0 Å². The fourth-order valence-electron chi connectivity index (χ4n) is 2.28. The Morgan fingerprint density at radius 2 is 2.31 bits per heavy atom. The lowest BCUT2D eigenvalue weighted by molar-refractivity contribution is -0.107. The summed E-state index contributed by atoms with van der Waals surface area (Å²) in [5.41, 5.74) is 3.29. The van der Waals surface area contributed by atoms with Crippen LogP contribution in [0, 0.1) is 6.92 Å². The van der Waals surface area contributed by atoms with Gasteiger partial charge in [-0.15, -0.1) is 0 Å². The molecule has 0 bridgehead atoms. The van der Waals surface area contributed by atoms with Gasteiger partial charge in [-0.1, -0.05) is 6.07 Å². The number of imidazole rings is 1. The van der Waals surface area contributed by atoms with Gasteiger partial charge in [0.15, 0.2) is 0 Å². The molecule has 0 saturated heterocycles. The van der Waals surface area contributed by atoms with Crippen molar-refractivity contribution >= 4 is 17.3 Å². The summed E-state index contributed by atoms with van der Waals surface area (Å²) in [6, 6.07) is 6.74. The first-order chi connectivity index (χ1) is 7.79. The first-order valence-electron chi connectivity index (χ1n) is 5.70. The van der Waals surface area contributed by atoms with Gasteiger partial charge in [0, 0.05) is 12.5 Å². The molecule has 0 radical (unpaired) electrons. The zero-order chi connectivity index (χ0) is 11.1. The maximum atomic E-state index is 10.5. The SMILES string of the molecule is Cc1nc2ccc(CC=O)cc2n1C1CC1. The number of carbonyl (C=O) groups excluding carboxylic acids is 1. The number of aryl methyl sites for hydroxylation is 1. The topological polar surface area (TPSA) is 34.9 Å². The molecule has 2 aromatic rings. The minimum absolute atomic E-state index is 0.491. The quantitative estimate of drug-likeness (QED) is 0.735. The van der Waals surface area contributed by atoms with Crippen LogP contribution in [0.25, 0.3) is 11.0 Å². The van der Waals surface area contributed by atoms with Gasteiger partial charge in [0.25, 0.3) is 0 Å². The van der Waals surface area contributed by atoms with Crippen molar-refractivity contribution < 1.29 is 4.79 Å². The number of benzene rings is 1. The van der Waals surface area contributed by atoms with Gasteiger partial charge < -0.3 is 9.36 Å². The van der Waals surface area contributed by atoms with Crippen LogP contribution in [0.5, 0.6) is 0 Å². The van der Waals surface area contributed by atoms with E-state index >= 15 is 0 Å². The average Bonchev–Trinajstić information content (AvgIpc) is 3.02. The monoisotopic (exact) mass is 214 g/mol. The van der Waals surface area contributed by atoms with Crippen molar-refractivity contribution in [2.24, 2.45) is 0 Å². The van der Waals surface area contributed by atoms with Gasteiger partial charge in [-0.05, 0) is 37.5 Å². The number of nitrogens with zero attached hydrogens (tertiary/aromatic N) is 2. The zero-order valence-electron chi connectivity index (χ0n) is 9.31. The number of rotatable bonds is 3. The van der Waals surface area contributed by atoms with Crippen molar-refractivity contribution in [1.29, 1.82) is 0 Å². The normalized spacial score (nSPS) is 15.6. The fourth-order valence-corrected chi connectivity index (χ4v) is 2.28. The highest BCUT2D eigenvalue weighted by Crippen LogP contribution is 2.38. The van der Waals surface area contributed by atoms with E-state index in [1.165, 1.54) is 18.4 Å². The van der Waals surface area contributed by atoms with E-state index in [9.17, 15) is 4.79 Å². The zero-order valence-corrected chi connectivity index (χ0v) is 9.31. The number of aldehydes is 1. The van der Waals surface area contributed by atoms with Gasteiger partial charge in [0.05, 0.1) is 11.0 Å². The van der Waals surface area contributed by atoms with E-state index in [2.05, 4.69) is 22.5 Å². The predicted octanol–water partition coefficient (Wildman–Crippen LogP) is 2.42. The standard InChI is InChI=1S/C13H14N2O/c1-9-14-12-5-2-10(6-7-16)8-13(12)15(9)11-3-4-11/h2,5,7-8,11H,3-4,6H2,1H3. The third-order valence-corrected chi connectivity index (χ3v) is 3.16. The van der Waals surface area contributed by atoms with E-state index in [-0.39, 0.29) is 0 Å². The Kier molecular flexibility index (Phi) is 2.06. The van der Waals surface area contributed by atoms with Crippen LogP contribution in [0.3, 0.4) is 0 Å². The van der Waals surface area contributed by atoms with Crippen molar-refractivity contribution in [1.82, 2.24) is 9.55 Å². The number of aromatic nitrogens is 2. The smallest absolute Gasteiger partial charge is 0.124 e. The van der Waals surface area contributed by atoms with Gasteiger partial charge in [-0.2, -0.15) is 0 Å². The molecule has 1 aromatic heterocycles. The largest absolute Gasteiger partial charge is 0.325 e. The molecule has 1 aliphatic rings. The van der Waals surface area contributed by atoms with Gasteiger partial charge >= 0.3 is 0 Å². The second kappa shape index (κ2) is 3.44. The van der Waals surface area contributed by atoms with E-state index in [0.29, 0.717) is 12.5 Å². The molecule has 0 N–H and O–H groups in total. The van der Waals surface area contributed by atoms with Crippen LogP contribution < -0.4 is 0 Å². The maximum Gasteiger partial charge on any atom is 0.124 e. The number of fused-ring (bicyclic) bond motifs is 1. The van der Waals surface area contributed by atoms with Crippen molar-refractivity contribution in [3.05, 3.63) is 29.6 Å². The predicted molar refractivity (Wildman–Crippen MR) is 62.5 cm³/mol. The van der Waals surface area contributed by atoms with E-state index in [0.717, 1.165) is 23.2 Å². The molecule has 3 nitrogen and oxygen atoms in total. The van der Waals surface area contributed by atoms with E-state index in [1.54, 1.807) is 0 Å². The third-order valence-electron chi connectivity index (χ3n) is 3.16. The number of carbonyl (C=O) groups is 1. The van der Waals surface area contributed by atoms with Gasteiger partial charge in [-0.3, -0.25) is 0 Å². The third kappa shape index (κ3) is 1.43. The minimum Gasteiger partial charge on any atom is -0.325 e. The van der Waals surface area contributed by atoms with Crippen LogP contribution in [-0.4, -0.2) is 15.8 Å². The lowest BCUT2D eigenvalue weighted by Crippen LogP contribution is -1.96. The van der Waals surface area contributed by atoms with Crippen molar-refractivity contribution in [2.45, 2.75) is 32.2 Å². The molecule has 0 spiro atoms. The highest BCUT2D eigenvalue weighted by Gasteiger charge is 2.26. The molecule has 0 amide bonds. The molecule has 1 aromatic carbocycles. The van der Waals surface area contributed by atoms with Crippen LogP contribution in [0.15, 0.2) is 18.2 Å². The molecule has 0 unspecified atom stereocenters. The van der Waals surface area contributed by atoms with Gasteiger partial charge in [-0.25, -0.2) is 4.98 Å². The maximum absolute atomic E-state index is 10.5. The molecular formula is C13H14N2O. The summed E-state index contributed by atoms with van der Waals surface area (Å²) in [7, 11) is 0. The van der Waals surface area contributed by atoms with Crippen LogP contribution in [-0.2, 0) is 11.2 Å². The molecule has 1 heterocycles. The van der Waals surface area contributed by atoms with Crippen molar-refractivity contribution in [3.8, 4) is 0 Å². The summed E-state index contributed by atoms with van der Waals surface area (Å²) in [5.74, 6) is 1.08.